The quantitative estimate of drug-likeness (QED) is 0.782. The van der Waals surface area contributed by atoms with E-state index in [1.807, 2.05) is 0 Å². The Morgan fingerprint density at radius 1 is 0.909 bits per heavy atom. The van der Waals surface area contributed by atoms with Crippen molar-refractivity contribution in [2.24, 2.45) is 23.7 Å². The Balaban J connectivity index is 1.74. The minimum atomic E-state index is 0.478. The van der Waals surface area contributed by atoms with Gasteiger partial charge in [-0.25, -0.2) is 0 Å². The summed E-state index contributed by atoms with van der Waals surface area (Å²) in [6.45, 7) is 3.45. The minimum absolute atomic E-state index is 0.478. The van der Waals surface area contributed by atoms with Crippen LogP contribution in [0.5, 0.6) is 0 Å². The zero-order valence-corrected chi connectivity index (χ0v) is 14.5. The molecule has 4 bridgehead atoms. The molecule has 0 amide bonds. The lowest BCUT2D eigenvalue weighted by atomic mass is 9.43. The summed E-state index contributed by atoms with van der Waals surface area (Å²) in [5, 5.41) is 0. The predicted molar refractivity (Wildman–Crippen MR) is 93.1 cm³/mol. The van der Waals surface area contributed by atoms with Gasteiger partial charge in [-0.3, -0.25) is 0 Å². The summed E-state index contributed by atoms with van der Waals surface area (Å²) >= 11 is 0. The third-order valence-corrected chi connectivity index (χ3v) is 7.16. The summed E-state index contributed by atoms with van der Waals surface area (Å²) in [6, 6.07) is 9.62. The Morgan fingerprint density at radius 2 is 1.45 bits per heavy atom. The van der Waals surface area contributed by atoms with Crippen LogP contribution in [-0.4, -0.2) is 25.5 Å². The van der Waals surface area contributed by atoms with Crippen molar-refractivity contribution >= 4 is 0 Å². The van der Waals surface area contributed by atoms with Gasteiger partial charge in [-0.2, -0.15) is 0 Å². The number of rotatable bonds is 4. The van der Waals surface area contributed by atoms with E-state index in [0.29, 0.717) is 5.41 Å². The molecule has 0 aromatic heterocycles. The first kappa shape index (κ1) is 14.8. The van der Waals surface area contributed by atoms with Crippen LogP contribution in [0, 0.1) is 30.6 Å². The first-order chi connectivity index (χ1) is 10.6. The van der Waals surface area contributed by atoms with Crippen LogP contribution in [0.25, 0.3) is 0 Å². The molecule has 0 spiro atoms. The van der Waals surface area contributed by atoms with E-state index in [2.05, 4.69) is 50.2 Å². The molecular weight excluding hydrogens is 266 g/mol. The van der Waals surface area contributed by atoms with Gasteiger partial charge in [0.15, 0.2) is 0 Å². The molecule has 5 rings (SSSR count). The maximum Gasteiger partial charge on any atom is 0.00220 e. The monoisotopic (exact) mass is 297 g/mol. The fourth-order valence-corrected chi connectivity index (χ4v) is 6.32. The van der Waals surface area contributed by atoms with Crippen molar-refractivity contribution in [2.75, 3.05) is 20.6 Å². The Labute approximate surface area is 136 Å². The van der Waals surface area contributed by atoms with Gasteiger partial charge in [-0.15, -0.1) is 0 Å². The molecule has 0 saturated heterocycles. The molecule has 4 fully saturated rings. The molecule has 0 heterocycles. The first-order valence-electron chi connectivity index (χ1n) is 9.30. The smallest absolute Gasteiger partial charge is 0.00220 e. The third-order valence-electron chi connectivity index (χ3n) is 7.16. The highest BCUT2D eigenvalue weighted by atomic mass is 15.0. The lowest BCUT2D eigenvalue weighted by Crippen LogP contribution is -2.56. The topological polar surface area (TPSA) is 3.24 Å². The summed E-state index contributed by atoms with van der Waals surface area (Å²) in [7, 11) is 4.47. The van der Waals surface area contributed by atoms with E-state index in [1.165, 1.54) is 44.2 Å². The number of aryl methyl sites for hydroxylation is 1. The van der Waals surface area contributed by atoms with Gasteiger partial charge < -0.3 is 4.90 Å². The zero-order chi connectivity index (χ0) is 15.3. The maximum absolute atomic E-state index is 2.47. The van der Waals surface area contributed by atoms with E-state index in [4.69, 9.17) is 0 Å². The summed E-state index contributed by atoms with van der Waals surface area (Å²) in [5.41, 5.74) is 3.54. The summed E-state index contributed by atoms with van der Waals surface area (Å²) in [4.78, 5) is 2.39. The molecular formula is C21H31N. The highest BCUT2D eigenvalue weighted by molar-refractivity contribution is 5.33. The summed E-state index contributed by atoms with van der Waals surface area (Å²) in [5.74, 6) is 4.01. The van der Waals surface area contributed by atoms with Crippen molar-refractivity contribution in [3.05, 3.63) is 35.4 Å². The molecule has 0 radical (unpaired) electrons. The van der Waals surface area contributed by atoms with E-state index in [9.17, 15) is 0 Å². The molecule has 1 aromatic carbocycles. The van der Waals surface area contributed by atoms with E-state index in [-0.39, 0.29) is 0 Å². The fraction of sp³-hybridized carbons (Fsp3) is 0.714. The highest BCUT2D eigenvalue weighted by Crippen LogP contribution is 2.64. The molecule has 1 aromatic rings. The standard InChI is InChI=1S/C21H31N/c1-15-4-6-18(7-5-15)21(8-9-22(2)3)19-11-16-10-17(13-19)14-20(21)12-16/h4-7,16-17,19-20H,8-14H2,1-3H3. The average Bonchev–Trinajstić information content (AvgIpc) is 2.47. The van der Waals surface area contributed by atoms with Crippen LogP contribution in [-0.2, 0) is 5.41 Å². The van der Waals surface area contributed by atoms with Crippen LogP contribution in [0.2, 0.25) is 0 Å². The first-order valence-corrected chi connectivity index (χ1v) is 9.30. The van der Waals surface area contributed by atoms with Gasteiger partial charge in [-0.1, -0.05) is 29.8 Å². The highest BCUT2D eigenvalue weighted by Gasteiger charge is 2.57. The van der Waals surface area contributed by atoms with Gasteiger partial charge in [0.1, 0.15) is 0 Å². The summed E-state index contributed by atoms with van der Waals surface area (Å²) in [6.07, 6.45) is 8.94. The molecule has 0 unspecified atom stereocenters. The van der Waals surface area contributed by atoms with Crippen LogP contribution >= 0.6 is 0 Å². The van der Waals surface area contributed by atoms with Crippen LogP contribution in [0.4, 0.5) is 0 Å². The fourth-order valence-electron chi connectivity index (χ4n) is 6.32. The molecule has 120 valence electrons. The number of hydrogen-bond acceptors (Lipinski definition) is 1. The molecule has 0 N–H and O–H groups in total. The second-order valence-corrected chi connectivity index (χ2v) is 8.76. The number of benzene rings is 1. The Bertz CT molecular complexity index is 499. The second-order valence-electron chi connectivity index (χ2n) is 8.76. The predicted octanol–water partition coefficient (Wildman–Crippen LogP) is 4.64. The SMILES string of the molecule is Cc1ccc(C2(CCN(C)C)C3CC4CC(C3)CC2C4)cc1. The molecule has 0 aliphatic heterocycles. The van der Waals surface area contributed by atoms with Crippen molar-refractivity contribution in [1.82, 2.24) is 4.90 Å². The Hall–Kier alpha value is -0.820. The molecule has 1 nitrogen and oxygen atoms in total. The van der Waals surface area contributed by atoms with Crippen molar-refractivity contribution in [3.8, 4) is 0 Å². The zero-order valence-electron chi connectivity index (χ0n) is 14.5. The van der Waals surface area contributed by atoms with Crippen LogP contribution < -0.4 is 0 Å². The lowest BCUT2D eigenvalue weighted by molar-refractivity contribution is -0.0669. The Morgan fingerprint density at radius 3 is 1.95 bits per heavy atom. The molecule has 0 atom stereocenters. The average molecular weight is 297 g/mol. The van der Waals surface area contributed by atoms with Gasteiger partial charge in [0.2, 0.25) is 0 Å². The lowest BCUT2D eigenvalue weighted by Gasteiger charge is -2.62. The van der Waals surface area contributed by atoms with E-state index in [0.717, 1.165) is 23.7 Å². The van der Waals surface area contributed by atoms with Gasteiger partial charge >= 0.3 is 0 Å². The minimum Gasteiger partial charge on any atom is -0.309 e. The molecule has 1 heteroatoms. The summed E-state index contributed by atoms with van der Waals surface area (Å²) < 4.78 is 0. The largest absolute Gasteiger partial charge is 0.309 e. The van der Waals surface area contributed by atoms with Gasteiger partial charge in [0.25, 0.3) is 0 Å². The second kappa shape index (κ2) is 5.37. The normalized spacial score (nSPS) is 39.6. The molecule has 4 aliphatic rings. The van der Waals surface area contributed by atoms with E-state index < -0.39 is 0 Å². The van der Waals surface area contributed by atoms with Crippen molar-refractivity contribution in [2.45, 2.75) is 50.9 Å². The van der Waals surface area contributed by atoms with Crippen molar-refractivity contribution in [1.29, 1.82) is 0 Å². The number of hydrogen-bond donors (Lipinski definition) is 0. The van der Waals surface area contributed by atoms with Gasteiger partial charge in [0.05, 0.1) is 0 Å². The van der Waals surface area contributed by atoms with E-state index >= 15 is 0 Å². The van der Waals surface area contributed by atoms with Crippen molar-refractivity contribution < 1.29 is 0 Å². The Kier molecular flexibility index (Phi) is 3.60. The van der Waals surface area contributed by atoms with Gasteiger partial charge in [-0.05, 0) is 95.3 Å². The van der Waals surface area contributed by atoms with Crippen molar-refractivity contribution in [3.63, 3.8) is 0 Å². The third kappa shape index (κ3) is 2.24. The maximum atomic E-state index is 2.47. The molecule has 4 aliphatic carbocycles. The number of nitrogens with zero attached hydrogens (tertiary/aromatic N) is 1. The van der Waals surface area contributed by atoms with Gasteiger partial charge in [0, 0.05) is 5.41 Å². The van der Waals surface area contributed by atoms with Crippen LogP contribution in [0.1, 0.15) is 49.7 Å². The molecule has 22 heavy (non-hydrogen) atoms. The van der Waals surface area contributed by atoms with Crippen LogP contribution in [0.3, 0.4) is 0 Å². The van der Waals surface area contributed by atoms with Crippen LogP contribution in [0.15, 0.2) is 24.3 Å². The van der Waals surface area contributed by atoms with E-state index in [1.54, 1.807) is 12.0 Å². The molecule has 4 saturated carbocycles.